The molecule has 7 heteroatoms. The summed E-state index contributed by atoms with van der Waals surface area (Å²) in [4.78, 5) is 15.7. The van der Waals surface area contributed by atoms with Crippen molar-refractivity contribution in [3.8, 4) is 0 Å². The lowest BCUT2D eigenvalue weighted by Crippen LogP contribution is -2.24. The summed E-state index contributed by atoms with van der Waals surface area (Å²) in [5.74, 6) is 0. The van der Waals surface area contributed by atoms with Gasteiger partial charge >= 0.3 is 0 Å². The number of aryl methyl sites for hydroxylation is 2. The van der Waals surface area contributed by atoms with Crippen molar-refractivity contribution in [3.05, 3.63) is 44.2 Å². The summed E-state index contributed by atoms with van der Waals surface area (Å²) < 4.78 is 4.61. The summed E-state index contributed by atoms with van der Waals surface area (Å²) in [7, 11) is 0. The van der Waals surface area contributed by atoms with E-state index in [1.165, 1.54) is 4.68 Å². The lowest BCUT2D eigenvalue weighted by molar-refractivity contribution is 0.504. The molecule has 0 fully saturated rings. The first-order chi connectivity index (χ1) is 8.18. The zero-order chi connectivity index (χ0) is 12.3. The number of aromatic nitrogens is 4. The van der Waals surface area contributed by atoms with Crippen LogP contribution >= 0.6 is 31.9 Å². The van der Waals surface area contributed by atoms with Crippen molar-refractivity contribution < 1.29 is 0 Å². The monoisotopic (exact) mass is 360 g/mol. The van der Waals surface area contributed by atoms with E-state index in [4.69, 9.17) is 0 Å². The molecule has 90 valence electrons. The molecule has 0 N–H and O–H groups in total. The molecule has 0 bridgehead atoms. The SMILES string of the molecule is O=c1c(Br)c(Br)cnn1CCCn1ccnc1. The van der Waals surface area contributed by atoms with E-state index in [1.54, 1.807) is 18.7 Å². The molecule has 0 amide bonds. The summed E-state index contributed by atoms with van der Waals surface area (Å²) in [6, 6.07) is 0. The molecule has 0 aliphatic rings. The summed E-state index contributed by atoms with van der Waals surface area (Å²) in [5, 5.41) is 4.06. The average Bonchev–Trinajstić information content (AvgIpc) is 2.82. The lowest BCUT2D eigenvalue weighted by atomic mass is 10.4. The molecule has 2 aromatic heterocycles. The van der Waals surface area contributed by atoms with Gasteiger partial charge in [-0.25, -0.2) is 9.67 Å². The van der Waals surface area contributed by atoms with Crippen molar-refractivity contribution >= 4 is 31.9 Å². The smallest absolute Gasteiger partial charge is 0.282 e. The second-order valence-electron chi connectivity index (χ2n) is 3.49. The number of hydrogen-bond acceptors (Lipinski definition) is 3. The van der Waals surface area contributed by atoms with Crippen molar-refractivity contribution in [2.45, 2.75) is 19.5 Å². The average molecular weight is 362 g/mol. The first kappa shape index (κ1) is 12.5. The van der Waals surface area contributed by atoms with Crippen molar-refractivity contribution in [1.82, 2.24) is 19.3 Å². The molecule has 0 aliphatic heterocycles. The van der Waals surface area contributed by atoms with E-state index in [9.17, 15) is 4.79 Å². The molecule has 17 heavy (non-hydrogen) atoms. The van der Waals surface area contributed by atoms with Crippen LogP contribution in [0.1, 0.15) is 6.42 Å². The molecule has 0 saturated carbocycles. The number of rotatable bonds is 4. The second-order valence-corrected chi connectivity index (χ2v) is 5.14. The van der Waals surface area contributed by atoms with Crippen LogP contribution < -0.4 is 5.56 Å². The minimum absolute atomic E-state index is 0.120. The third kappa shape index (κ3) is 3.04. The van der Waals surface area contributed by atoms with Crippen LogP contribution in [0.15, 0.2) is 38.7 Å². The highest BCUT2D eigenvalue weighted by Gasteiger charge is 2.05. The Labute approximate surface area is 115 Å². The predicted octanol–water partition coefficient (Wildman–Crippen LogP) is 2.06. The largest absolute Gasteiger partial charge is 0.337 e. The zero-order valence-electron chi connectivity index (χ0n) is 8.88. The molecule has 2 rings (SSSR count). The van der Waals surface area contributed by atoms with Crippen LogP contribution in [0.5, 0.6) is 0 Å². The summed E-state index contributed by atoms with van der Waals surface area (Å²) >= 11 is 6.47. The Balaban J connectivity index is 2.00. The molecule has 0 spiro atoms. The Kier molecular flexibility index (Phi) is 4.11. The van der Waals surface area contributed by atoms with E-state index in [2.05, 4.69) is 41.9 Å². The minimum atomic E-state index is -0.120. The molecule has 0 atom stereocenters. The summed E-state index contributed by atoms with van der Waals surface area (Å²) in [6.07, 6.45) is 7.84. The molecule has 0 radical (unpaired) electrons. The van der Waals surface area contributed by atoms with Gasteiger partial charge in [-0.2, -0.15) is 5.10 Å². The fourth-order valence-corrected chi connectivity index (χ4v) is 1.99. The molecule has 2 heterocycles. The Bertz CT molecular complexity index is 550. The van der Waals surface area contributed by atoms with E-state index in [1.807, 2.05) is 10.8 Å². The van der Waals surface area contributed by atoms with Crippen LogP contribution in [-0.4, -0.2) is 19.3 Å². The first-order valence-corrected chi connectivity index (χ1v) is 6.64. The van der Waals surface area contributed by atoms with Gasteiger partial charge in [0.1, 0.15) is 4.47 Å². The van der Waals surface area contributed by atoms with Gasteiger partial charge in [0.25, 0.3) is 5.56 Å². The van der Waals surface area contributed by atoms with E-state index in [-0.39, 0.29) is 5.56 Å². The van der Waals surface area contributed by atoms with Crippen LogP contribution in [0.3, 0.4) is 0 Å². The molecular weight excluding hydrogens is 352 g/mol. The molecule has 0 aliphatic carbocycles. The Morgan fingerprint density at radius 3 is 2.82 bits per heavy atom. The van der Waals surface area contributed by atoms with E-state index < -0.39 is 0 Å². The molecule has 0 aromatic carbocycles. The maximum Gasteiger partial charge on any atom is 0.282 e. The molecule has 5 nitrogen and oxygen atoms in total. The van der Waals surface area contributed by atoms with E-state index >= 15 is 0 Å². The van der Waals surface area contributed by atoms with Gasteiger partial charge in [0.05, 0.1) is 17.0 Å². The third-order valence-electron chi connectivity index (χ3n) is 2.29. The van der Waals surface area contributed by atoms with Crippen LogP contribution in [0.25, 0.3) is 0 Å². The van der Waals surface area contributed by atoms with Gasteiger partial charge in [-0.15, -0.1) is 0 Å². The maximum atomic E-state index is 11.8. The van der Waals surface area contributed by atoms with Crippen molar-refractivity contribution in [2.24, 2.45) is 0 Å². The Morgan fingerprint density at radius 2 is 2.12 bits per heavy atom. The Morgan fingerprint density at radius 1 is 1.29 bits per heavy atom. The van der Waals surface area contributed by atoms with Gasteiger partial charge in [0.2, 0.25) is 0 Å². The third-order valence-corrected chi connectivity index (χ3v) is 4.19. The van der Waals surface area contributed by atoms with Crippen LogP contribution in [0, 0.1) is 0 Å². The quantitative estimate of drug-likeness (QED) is 0.837. The summed E-state index contributed by atoms with van der Waals surface area (Å²) in [5.41, 5.74) is -0.120. The van der Waals surface area contributed by atoms with Gasteiger partial charge in [-0.1, -0.05) is 0 Å². The number of imidazole rings is 1. The van der Waals surface area contributed by atoms with Gasteiger partial charge < -0.3 is 4.57 Å². The molecular formula is C10H10Br2N4O. The topological polar surface area (TPSA) is 52.7 Å². The van der Waals surface area contributed by atoms with E-state index in [0.717, 1.165) is 13.0 Å². The van der Waals surface area contributed by atoms with E-state index in [0.29, 0.717) is 15.5 Å². The fourth-order valence-electron chi connectivity index (χ4n) is 1.43. The Hall–Kier alpha value is -0.950. The van der Waals surface area contributed by atoms with Gasteiger partial charge in [-0.3, -0.25) is 4.79 Å². The highest BCUT2D eigenvalue weighted by atomic mass is 79.9. The number of nitrogens with zero attached hydrogens (tertiary/aromatic N) is 4. The van der Waals surface area contributed by atoms with Crippen LogP contribution in [0.4, 0.5) is 0 Å². The van der Waals surface area contributed by atoms with Crippen LogP contribution in [-0.2, 0) is 13.1 Å². The van der Waals surface area contributed by atoms with Crippen molar-refractivity contribution in [2.75, 3.05) is 0 Å². The fraction of sp³-hybridized carbons (Fsp3) is 0.300. The molecule has 0 unspecified atom stereocenters. The maximum absolute atomic E-state index is 11.8. The molecule has 2 aromatic rings. The number of hydrogen-bond donors (Lipinski definition) is 0. The van der Waals surface area contributed by atoms with Crippen LogP contribution in [0.2, 0.25) is 0 Å². The summed E-state index contributed by atoms with van der Waals surface area (Å²) in [6.45, 7) is 1.41. The lowest BCUT2D eigenvalue weighted by Gasteiger charge is -2.06. The van der Waals surface area contributed by atoms with Crippen molar-refractivity contribution in [3.63, 3.8) is 0 Å². The molecule has 0 saturated heterocycles. The van der Waals surface area contributed by atoms with Gasteiger partial charge in [0.15, 0.2) is 0 Å². The van der Waals surface area contributed by atoms with Gasteiger partial charge in [0, 0.05) is 25.5 Å². The predicted molar refractivity (Wildman–Crippen MR) is 70.7 cm³/mol. The number of halogens is 2. The second kappa shape index (κ2) is 5.59. The van der Waals surface area contributed by atoms with Gasteiger partial charge in [-0.05, 0) is 38.3 Å². The highest BCUT2D eigenvalue weighted by Crippen LogP contribution is 2.16. The first-order valence-electron chi connectivity index (χ1n) is 5.05. The van der Waals surface area contributed by atoms with Crippen molar-refractivity contribution in [1.29, 1.82) is 0 Å². The standard InChI is InChI=1S/C10H10Br2N4O/c11-8-6-14-16(10(17)9(8)12)4-1-3-15-5-2-13-7-15/h2,5-7H,1,3-4H2. The minimum Gasteiger partial charge on any atom is -0.337 e. The zero-order valence-corrected chi connectivity index (χ0v) is 12.1. The highest BCUT2D eigenvalue weighted by molar-refractivity contribution is 9.13. The normalized spacial score (nSPS) is 10.7.